The largest absolute Gasteiger partial charge is 0.390 e. The quantitative estimate of drug-likeness (QED) is 0.521. The summed E-state index contributed by atoms with van der Waals surface area (Å²) in [6.07, 6.45) is 1.82. The Labute approximate surface area is 83.1 Å². The summed E-state index contributed by atoms with van der Waals surface area (Å²) in [5, 5.41) is 2.81. The van der Waals surface area contributed by atoms with Gasteiger partial charge in [-0.2, -0.15) is 13.2 Å². The molecule has 0 aromatic carbocycles. The van der Waals surface area contributed by atoms with Crippen molar-refractivity contribution in [3.8, 4) is 12.3 Å². The van der Waals surface area contributed by atoms with E-state index in [1.54, 1.807) is 6.92 Å². The first-order valence-corrected chi connectivity index (χ1v) is 4.73. The van der Waals surface area contributed by atoms with Crippen molar-refractivity contribution in [1.82, 2.24) is 5.32 Å². The first kappa shape index (κ1) is 13.3. The van der Waals surface area contributed by atoms with E-state index < -0.39 is 18.6 Å². The number of rotatable bonds is 6. The van der Waals surface area contributed by atoms with Gasteiger partial charge in [0.05, 0.1) is 6.42 Å². The van der Waals surface area contributed by atoms with Crippen LogP contribution in [0.3, 0.4) is 0 Å². The molecule has 0 aromatic rings. The number of hydrogen-bond donors (Lipinski definition) is 1. The Hall–Kier alpha value is -0.690. The van der Waals surface area contributed by atoms with Gasteiger partial charge in [0.15, 0.2) is 0 Å². The zero-order valence-corrected chi connectivity index (χ0v) is 8.32. The molecule has 0 spiro atoms. The molecule has 4 heteroatoms. The van der Waals surface area contributed by atoms with Gasteiger partial charge in [0.2, 0.25) is 0 Å². The summed E-state index contributed by atoms with van der Waals surface area (Å²) in [7, 11) is 0. The average molecular weight is 207 g/mol. The highest BCUT2D eigenvalue weighted by atomic mass is 19.4. The first-order valence-electron chi connectivity index (χ1n) is 4.73. The van der Waals surface area contributed by atoms with Crippen LogP contribution in [0.5, 0.6) is 0 Å². The zero-order chi connectivity index (χ0) is 11.0. The van der Waals surface area contributed by atoms with Crippen LogP contribution in [0.4, 0.5) is 13.2 Å². The van der Waals surface area contributed by atoms with Crippen LogP contribution in [0, 0.1) is 12.3 Å². The molecule has 0 bridgehead atoms. The van der Waals surface area contributed by atoms with Gasteiger partial charge in [-0.1, -0.05) is 6.92 Å². The molecule has 0 saturated carbocycles. The van der Waals surface area contributed by atoms with Crippen LogP contribution < -0.4 is 5.32 Å². The van der Waals surface area contributed by atoms with Crippen LogP contribution in [-0.2, 0) is 0 Å². The Morgan fingerprint density at radius 3 is 2.50 bits per heavy atom. The predicted molar refractivity (Wildman–Crippen MR) is 50.8 cm³/mol. The second-order valence-electron chi connectivity index (χ2n) is 3.17. The lowest BCUT2D eigenvalue weighted by Crippen LogP contribution is -2.33. The summed E-state index contributed by atoms with van der Waals surface area (Å²) in [6, 6.07) is -0.492. The molecule has 0 rings (SSSR count). The second kappa shape index (κ2) is 6.72. The first-order chi connectivity index (χ1) is 6.49. The van der Waals surface area contributed by atoms with Crippen LogP contribution in [0.25, 0.3) is 0 Å². The van der Waals surface area contributed by atoms with Gasteiger partial charge in [0.25, 0.3) is 0 Å². The minimum absolute atomic E-state index is 0.484. The fraction of sp³-hybridized carbons (Fsp3) is 0.800. The van der Waals surface area contributed by atoms with Gasteiger partial charge in [-0.15, -0.1) is 12.3 Å². The highest BCUT2D eigenvalue weighted by molar-refractivity contribution is 4.84. The SMILES string of the molecule is C#CCCCC(CC(F)(F)F)NCC. The van der Waals surface area contributed by atoms with Crippen LogP contribution in [-0.4, -0.2) is 18.8 Å². The summed E-state index contributed by atoms with van der Waals surface area (Å²) >= 11 is 0. The lowest BCUT2D eigenvalue weighted by Gasteiger charge is -2.18. The molecule has 0 aliphatic carbocycles. The molecular formula is C10H16F3N. The van der Waals surface area contributed by atoms with Gasteiger partial charge in [-0.3, -0.25) is 0 Å². The standard InChI is InChI=1S/C10H16F3N/c1-3-5-6-7-9(14-4-2)8-10(11,12)13/h1,9,14H,4-8H2,2H3. The lowest BCUT2D eigenvalue weighted by atomic mass is 10.1. The zero-order valence-electron chi connectivity index (χ0n) is 8.32. The number of unbranched alkanes of at least 4 members (excludes halogenated alkanes) is 1. The van der Waals surface area contributed by atoms with E-state index in [-0.39, 0.29) is 0 Å². The monoisotopic (exact) mass is 207 g/mol. The number of hydrogen-bond acceptors (Lipinski definition) is 1. The van der Waals surface area contributed by atoms with Crippen molar-refractivity contribution in [2.45, 2.75) is 44.8 Å². The predicted octanol–water partition coefficient (Wildman–Crippen LogP) is 2.72. The molecule has 0 heterocycles. The fourth-order valence-electron chi connectivity index (χ4n) is 1.29. The Morgan fingerprint density at radius 1 is 1.43 bits per heavy atom. The summed E-state index contributed by atoms with van der Waals surface area (Å²) < 4.78 is 36.2. The molecule has 0 radical (unpaired) electrons. The average Bonchev–Trinajstić information content (AvgIpc) is 2.02. The molecule has 0 amide bonds. The van der Waals surface area contributed by atoms with E-state index in [0.29, 0.717) is 25.8 Å². The van der Waals surface area contributed by atoms with E-state index in [1.807, 2.05) is 0 Å². The van der Waals surface area contributed by atoms with E-state index in [0.717, 1.165) is 0 Å². The fourth-order valence-corrected chi connectivity index (χ4v) is 1.29. The number of halogens is 3. The third kappa shape index (κ3) is 7.93. The van der Waals surface area contributed by atoms with E-state index in [2.05, 4.69) is 11.2 Å². The van der Waals surface area contributed by atoms with E-state index in [4.69, 9.17) is 6.42 Å². The van der Waals surface area contributed by atoms with Crippen LogP contribution >= 0.6 is 0 Å². The van der Waals surface area contributed by atoms with Gasteiger partial charge < -0.3 is 5.32 Å². The van der Waals surface area contributed by atoms with Crippen molar-refractivity contribution in [3.05, 3.63) is 0 Å². The summed E-state index contributed by atoms with van der Waals surface area (Å²) in [5.41, 5.74) is 0. The van der Waals surface area contributed by atoms with Crippen molar-refractivity contribution in [2.75, 3.05) is 6.54 Å². The normalized spacial score (nSPS) is 13.6. The molecule has 0 aliphatic rings. The molecule has 0 fully saturated rings. The maximum Gasteiger partial charge on any atom is 0.390 e. The van der Waals surface area contributed by atoms with Gasteiger partial charge in [0.1, 0.15) is 0 Å². The van der Waals surface area contributed by atoms with Crippen LogP contribution in [0.1, 0.15) is 32.6 Å². The van der Waals surface area contributed by atoms with Gasteiger partial charge in [0, 0.05) is 12.5 Å². The maximum absolute atomic E-state index is 12.1. The minimum Gasteiger partial charge on any atom is -0.314 e. The molecule has 82 valence electrons. The maximum atomic E-state index is 12.1. The highest BCUT2D eigenvalue weighted by Crippen LogP contribution is 2.23. The van der Waals surface area contributed by atoms with Crippen LogP contribution in [0.2, 0.25) is 0 Å². The Balaban J connectivity index is 3.84. The van der Waals surface area contributed by atoms with Crippen molar-refractivity contribution < 1.29 is 13.2 Å². The summed E-state index contributed by atoms with van der Waals surface area (Å²) in [5.74, 6) is 2.42. The van der Waals surface area contributed by atoms with Crippen molar-refractivity contribution in [3.63, 3.8) is 0 Å². The van der Waals surface area contributed by atoms with E-state index >= 15 is 0 Å². The van der Waals surface area contributed by atoms with Gasteiger partial charge in [-0.25, -0.2) is 0 Å². The smallest absolute Gasteiger partial charge is 0.314 e. The molecule has 14 heavy (non-hydrogen) atoms. The third-order valence-electron chi connectivity index (χ3n) is 1.84. The van der Waals surface area contributed by atoms with Crippen molar-refractivity contribution in [1.29, 1.82) is 0 Å². The molecule has 0 aromatic heterocycles. The molecule has 1 N–H and O–H groups in total. The van der Waals surface area contributed by atoms with E-state index in [1.165, 1.54) is 0 Å². The Kier molecular flexibility index (Phi) is 6.39. The molecule has 0 saturated heterocycles. The number of terminal acetylenes is 1. The van der Waals surface area contributed by atoms with Gasteiger partial charge in [-0.05, 0) is 19.4 Å². The minimum atomic E-state index is -4.09. The number of nitrogens with one attached hydrogen (secondary N) is 1. The van der Waals surface area contributed by atoms with Crippen molar-refractivity contribution >= 4 is 0 Å². The third-order valence-corrected chi connectivity index (χ3v) is 1.84. The summed E-state index contributed by atoms with van der Waals surface area (Å²) in [4.78, 5) is 0. The van der Waals surface area contributed by atoms with Crippen molar-refractivity contribution in [2.24, 2.45) is 0 Å². The van der Waals surface area contributed by atoms with Gasteiger partial charge >= 0.3 is 6.18 Å². The number of alkyl halides is 3. The molecule has 1 atom stereocenters. The molecule has 1 nitrogen and oxygen atoms in total. The Bertz CT molecular complexity index is 181. The second-order valence-corrected chi connectivity index (χ2v) is 3.17. The summed E-state index contributed by atoms with van der Waals surface area (Å²) in [6.45, 7) is 2.35. The van der Waals surface area contributed by atoms with Crippen LogP contribution in [0.15, 0.2) is 0 Å². The highest BCUT2D eigenvalue weighted by Gasteiger charge is 2.31. The lowest BCUT2D eigenvalue weighted by molar-refractivity contribution is -0.140. The Morgan fingerprint density at radius 2 is 2.07 bits per heavy atom. The molecule has 0 aliphatic heterocycles. The topological polar surface area (TPSA) is 12.0 Å². The molecular weight excluding hydrogens is 191 g/mol. The van der Waals surface area contributed by atoms with E-state index in [9.17, 15) is 13.2 Å². The molecule has 1 unspecified atom stereocenters.